The summed E-state index contributed by atoms with van der Waals surface area (Å²) >= 11 is 0. The van der Waals surface area contributed by atoms with E-state index in [0.717, 1.165) is 30.3 Å². The number of rotatable bonds is 8. The number of nitrogens with zero attached hydrogens (tertiary/aromatic N) is 2. The summed E-state index contributed by atoms with van der Waals surface area (Å²) in [5, 5.41) is 3.77. The minimum Gasteiger partial charge on any atom is -0.480 e. The van der Waals surface area contributed by atoms with E-state index in [1.807, 2.05) is 36.7 Å². The molecule has 7 heteroatoms. The van der Waals surface area contributed by atoms with Crippen molar-refractivity contribution in [3.05, 3.63) is 58.5 Å². The second-order valence-corrected chi connectivity index (χ2v) is 6.71. The van der Waals surface area contributed by atoms with Crippen molar-refractivity contribution < 1.29 is 13.9 Å². The number of benzene rings is 1. The van der Waals surface area contributed by atoms with E-state index < -0.39 is 6.10 Å². The second kappa shape index (κ2) is 8.73. The molecule has 3 rings (SSSR count). The Morgan fingerprint density at radius 2 is 2.21 bits per heavy atom. The second-order valence-electron chi connectivity index (χ2n) is 6.71. The van der Waals surface area contributed by atoms with Gasteiger partial charge < -0.3 is 19.0 Å². The minimum atomic E-state index is -0.662. The quantitative estimate of drug-likeness (QED) is 0.477. The Hall–Kier alpha value is -3.09. The normalized spacial score (nSPS) is 12.1. The number of imidazole rings is 1. The van der Waals surface area contributed by atoms with Gasteiger partial charge in [-0.1, -0.05) is 6.92 Å². The molecule has 28 heavy (non-hydrogen) atoms. The summed E-state index contributed by atoms with van der Waals surface area (Å²) in [6.07, 6.45) is 6.24. The maximum absolute atomic E-state index is 12.3. The summed E-state index contributed by atoms with van der Waals surface area (Å²) in [6.45, 7) is 6.87. The van der Waals surface area contributed by atoms with E-state index in [1.54, 1.807) is 19.4 Å². The van der Waals surface area contributed by atoms with Crippen LogP contribution in [0.25, 0.3) is 11.0 Å². The number of fused-ring (bicyclic) bond motifs is 1. The Balaban J connectivity index is 1.63. The van der Waals surface area contributed by atoms with Crippen molar-refractivity contribution in [1.29, 1.82) is 0 Å². The zero-order valence-corrected chi connectivity index (χ0v) is 16.4. The molecule has 0 spiro atoms. The Morgan fingerprint density at radius 1 is 1.39 bits per heavy atom. The molecule has 0 unspecified atom stereocenters. The molecule has 0 fully saturated rings. The molecule has 7 nitrogen and oxygen atoms in total. The standard InChI is InChI=1S/C21H25N3O4/c1-4-16-12-19(25)28-20-14(2)18(7-6-17(16)20)27-15(3)21(26)23-8-5-10-24-11-9-22-13-24/h6-7,9,11-13,15H,4-5,8,10H2,1-3H3,(H,23,26)/t15-/m0/s1. The van der Waals surface area contributed by atoms with Gasteiger partial charge in [-0.05, 0) is 44.4 Å². The number of aromatic nitrogens is 2. The fourth-order valence-electron chi connectivity index (χ4n) is 3.11. The Labute approximate surface area is 163 Å². The molecule has 0 aliphatic heterocycles. The number of hydrogen-bond acceptors (Lipinski definition) is 5. The van der Waals surface area contributed by atoms with Crippen LogP contribution in [0.2, 0.25) is 0 Å². The van der Waals surface area contributed by atoms with Crippen LogP contribution in [-0.4, -0.2) is 28.1 Å². The SMILES string of the molecule is CCc1cc(=O)oc2c(C)c(O[C@@H](C)C(=O)NCCCn3ccnc3)ccc12. The predicted molar refractivity (Wildman–Crippen MR) is 107 cm³/mol. The largest absolute Gasteiger partial charge is 0.480 e. The third-order valence-electron chi connectivity index (χ3n) is 4.70. The van der Waals surface area contributed by atoms with Crippen LogP contribution in [0.4, 0.5) is 0 Å². The van der Waals surface area contributed by atoms with Gasteiger partial charge in [0, 0.05) is 42.5 Å². The van der Waals surface area contributed by atoms with Crippen LogP contribution in [0, 0.1) is 6.92 Å². The zero-order chi connectivity index (χ0) is 20.1. The van der Waals surface area contributed by atoms with Crippen molar-refractivity contribution in [2.75, 3.05) is 6.54 Å². The molecule has 3 aromatic rings. The monoisotopic (exact) mass is 383 g/mol. The first-order valence-electron chi connectivity index (χ1n) is 9.46. The van der Waals surface area contributed by atoms with Gasteiger partial charge in [0.05, 0.1) is 6.33 Å². The fourth-order valence-corrected chi connectivity index (χ4v) is 3.11. The highest BCUT2D eigenvalue weighted by Gasteiger charge is 2.17. The Morgan fingerprint density at radius 3 is 2.93 bits per heavy atom. The van der Waals surface area contributed by atoms with Crippen LogP contribution < -0.4 is 15.7 Å². The molecule has 1 amide bonds. The van der Waals surface area contributed by atoms with Crippen molar-refractivity contribution in [3.63, 3.8) is 0 Å². The molecule has 0 aliphatic rings. The van der Waals surface area contributed by atoms with E-state index >= 15 is 0 Å². The van der Waals surface area contributed by atoms with Crippen LogP contribution in [0.3, 0.4) is 0 Å². The Kier molecular flexibility index (Phi) is 6.13. The molecule has 1 aromatic carbocycles. The summed E-state index contributed by atoms with van der Waals surface area (Å²) in [5.41, 5.74) is 1.78. The highest BCUT2D eigenvalue weighted by atomic mass is 16.5. The van der Waals surface area contributed by atoms with Crippen molar-refractivity contribution >= 4 is 16.9 Å². The summed E-state index contributed by atoms with van der Waals surface area (Å²) in [6, 6.07) is 5.21. The van der Waals surface area contributed by atoms with Gasteiger partial charge in [-0.2, -0.15) is 0 Å². The molecule has 1 N–H and O–H groups in total. The first kappa shape index (κ1) is 19.7. The zero-order valence-electron chi connectivity index (χ0n) is 16.4. The fraction of sp³-hybridized carbons (Fsp3) is 0.381. The predicted octanol–water partition coefficient (Wildman–Crippen LogP) is 2.83. The van der Waals surface area contributed by atoms with E-state index in [1.165, 1.54) is 6.07 Å². The van der Waals surface area contributed by atoms with Crippen LogP contribution in [0.15, 0.2) is 46.1 Å². The first-order chi connectivity index (χ1) is 13.5. The lowest BCUT2D eigenvalue weighted by Crippen LogP contribution is -2.37. The van der Waals surface area contributed by atoms with Crippen molar-refractivity contribution in [2.45, 2.75) is 46.3 Å². The van der Waals surface area contributed by atoms with Gasteiger partial charge in [0.15, 0.2) is 6.10 Å². The molecule has 0 saturated heterocycles. The molecular weight excluding hydrogens is 358 g/mol. The summed E-state index contributed by atoms with van der Waals surface area (Å²) in [5.74, 6) is 0.346. The van der Waals surface area contributed by atoms with Gasteiger partial charge in [0.25, 0.3) is 5.91 Å². The number of aryl methyl sites for hydroxylation is 3. The van der Waals surface area contributed by atoms with Crippen LogP contribution >= 0.6 is 0 Å². The minimum absolute atomic E-state index is 0.186. The molecule has 0 radical (unpaired) electrons. The number of carbonyl (C=O) groups excluding carboxylic acids is 1. The summed E-state index contributed by atoms with van der Waals surface area (Å²) < 4.78 is 13.2. The molecular formula is C21H25N3O4. The molecule has 148 valence electrons. The van der Waals surface area contributed by atoms with Gasteiger partial charge in [-0.3, -0.25) is 4.79 Å². The third kappa shape index (κ3) is 4.42. The van der Waals surface area contributed by atoms with Crippen molar-refractivity contribution in [3.8, 4) is 5.75 Å². The molecule has 1 atom stereocenters. The average molecular weight is 383 g/mol. The maximum atomic E-state index is 12.3. The average Bonchev–Trinajstić information content (AvgIpc) is 3.20. The lowest BCUT2D eigenvalue weighted by atomic mass is 10.0. The first-order valence-corrected chi connectivity index (χ1v) is 9.46. The van der Waals surface area contributed by atoms with Crippen molar-refractivity contribution in [1.82, 2.24) is 14.9 Å². The van der Waals surface area contributed by atoms with Crippen LogP contribution in [0.1, 0.15) is 31.4 Å². The lowest BCUT2D eigenvalue weighted by molar-refractivity contribution is -0.127. The van der Waals surface area contributed by atoms with E-state index in [4.69, 9.17) is 9.15 Å². The van der Waals surface area contributed by atoms with Gasteiger partial charge >= 0.3 is 5.63 Å². The van der Waals surface area contributed by atoms with E-state index in [2.05, 4.69) is 10.3 Å². The van der Waals surface area contributed by atoms with E-state index in [-0.39, 0.29) is 11.5 Å². The number of amides is 1. The van der Waals surface area contributed by atoms with Gasteiger partial charge in [-0.15, -0.1) is 0 Å². The molecule has 2 aromatic heterocycles. The lowest BCUT2D eigenvalue weighted by Gasteiger charge is -2.17. The molecule has 0 aliphatic carbocycles. The highest BCUT2D eigenvalue weighted by Crippen LogP contribution is 2.29. The summed E-state index contributed by atoms with van der Waals surface area (Å²) in [7, 11) is 0. The summed E-state index contributed by atoms with van der Waals surface area (Å²) in [4.78, 5) is 28.1. The number of hydrogen-bond donors (Lipinski definition) is 1. The van der Waals surface area contributed by atoms with Crippen LogP contribution in [0.5, 0.6) is 5.75 Å². The number of ether oxygens (including phenoxy) is 1. The van der Waals surface area contributed by atoms with Crippen molar-refractivity contribution in [2.24, 2.45) is 0 Å². The maximum Gasteiger partial charge on any atom is 0.336 e. The van der Waals surface area contributed by atoms with Gasteiger partial charge in [0.1, 0.15) is 11.3 Å². The van der Waals surface area contributed by atoms with E-state index in [9.17, 15) is 9.59 Å². The highest BCUT2D eigenvalue weighted by molar-refractivity contribution is 5.85. The molecule has 2 heterocycles. The molecule has 0 bridgehead atoms. The van der Waals surface area contributed by atoms with Crippen LogP contribution in [-0.2, 0) is 17.8 Å². The van der Waals surface area contributed by atoms with E-state index in [0.29, 0.717) is 23.4 Å². The number of carbonyl (C=O) groups is 1. The molecule has 0 saturated carbocycles. The topological polar surface area (TPSA) is 86.4 Å². The third-order valence-corrected chi connectivity index (χ3v) is 4.70. The van der Waals surface area contributed by atoms with Gasteiger partial charge in [0.2, 0.25) is 0 Å². The smallest absolute Gasteiger partial charge is 0.336 e. The number of nitrogens with one attached hydrogen (secondary N) is 1. The Bertz CT molecular complexity index is 1010. The van der Waals surface area contributed by atoms with Gasteiger partial charge in [-0.25, -0.2) is 9.78 Å².